The van der Waals surface area contributed by atoms with Crippen molar-refractivity contribution >= 4 is 54.4 Å². The molecule has 0 spiro atoms. The Bertz CT molecular complexity index is 1110. The molecule has 9 heteroatoms. The minimum atomic E-state index is -4.19. The molecule has 2 aromatic carbocycles. The summed E-state index contributed by atoms with van der Waals surface area (Å²) in [6.07, 6.45) is 0. The van der Waals surface area contributed by atoms with Crippen molar-refractivity contribution in [2.75, 3.05) is 6.61 Å². The number of carbonyl (C=O) groups excluding carboxylic acids is 1. The van der Waals surface area contributed by atoms with Crippen molar-refractivity contribution in [3.63, 3.8) is 0 Å². The number of nitrogens with zero attached hydrogens (tertiary/aromatic N) is 1. The average molecular weight is 461 g/mol. The van der Waals surface area contributed by atoms with Crippen LogP contribution in [-0.2, 0) is 14.8 Å². The predicted octanol–water partition coefficient (Wildman–Crippen LogP) is 4.61. The van der Waals surface area contributed by atoms with Gasteiger partial charge < -0.3 is 4.74 Å². The van der Waals surface area contributed by atoms with Crippen molar-refractivity contribution in [2.45, 2.75) is 11.8 Å². The topological polar surface area (TPSA) is 65.4 Å². The van der Waals surface area contributed by atoms with E-state index >= 15 is 0 Å². The Morgan fingerprint density at radius 3 is 2.50 bits per heavy atom. The monoisotopic (exact) mass is 459 g/mol. The molecular weight excluding hydrogens is 449 g/mol. The van der Waals surface area contributed by atoms with Crippen molar-refractivity contribution < 1.29 is 22.3 Å². The lowest BCUT2D eigenvalue weighted by molar-refractivity contribution is 0.0517. The number of halogens is 3. The molecule has 0 saturated heterocycles. The molecule has 136 valence electrons. The number of benzene rings is 2. The van der Waals surface area contributed by atoms with Crippen LogP contribution in [0.25, 0.3) is 10.9 Å². The second kappa shape index (κ2) is 7.02. The number of esters is 1. The van der Waals surface area contributed by atoms with E-state index in [2.05, 4.69) is 15.9 Å². The van der Waals surface area contributed by atoms with E-state index in [1.54, 1.807) is 25.1 Å². The van der Waals surface area contributed by atoms with E-state index in [1.165, 1.54) is 24.3 Å². The first-order valence-electron chi connectivity index (χ1n) is 7.46. The molecule has 0 saturated carbocycles. The second-order valence-electron chi connectivity index (χ2n) is 5.22. The summed E-state index contributed by atoms with van der Waals surface area (Å²) in [5.74, 6) is -1.73. The minimum absolute atomic E-state index is 0.0225. The number of carbonyl (C=O) groups is 1. The van der Waals surface area contributed by atoms with Gasteiger partial charge in [-0.3, -0.25) is 0 Å². The smallest absolute Gasteiger partial charge is 0.357 e. The van der Waals surface area contributed by atoms with Crippen LogP contribution < -0.4 is 0 Å². The number of ether oxygens (including phenoxy) is 1. The van der Waals surface area contributed by atoms with E-state index in [0.717, 1.165) is 3.97 Å². The summed E-state index contributed by atoms with van der Waals surface area (Å²) < 4.78 is 46.6. The lowest BCUT2D eigenvalue weighted by atomic mass is 10.2. The highest BCUT2D eigenvalue weighted by molar-refractivity contribution is 9.10. The van der Waals surface area contributed by atoms with Gasteiger partial charge in [-0.25, -0.2) is 21.6 Å². The summed E-state index contributed by atoms with van der Waals surface area (Å²) in [6, 6.07) is 10.1. The van der Waals surface area contributed by atoms with Gasteiger partial charge in [-0.15, -0.1) is 0 Å². The van der Waals surface area contributed by atoms with Gasteiger partial charge in [0.15, 0.2) is 11.5 Å². The Morgan fingerprint density at radius 1 is 1.23 bits per heavy atom. The number of hydrogen-bond acceptors (Lipinski definition) is 4. The lowest BCUT2D eigenvalue weighted by Crippen LogP contribution is -2.20. The zero-order valence-corrected chi connectivity index (χ0v) is 16.5. The summed E-state index contributed by atoms with van der Waals surface area (Å²) in [4.78, 5) is 12.4. The molecular formula is C17H12BrClFNO4S. The third-order valence-electron chi connectivity index (χ3n) is 3.67. The van der Waals surface area contributed by atoms with Gasteiger partial charge in [0, 0.05) is 0 Å². The molecule has 5 nitrogen and oxygen atoms in total. The van der Waals surface area contributed by atoms with Gasteiger partial charge in [0.1, 0.15) is 0 Å². The van der Waals surface area contributed by atoms with Gasteiger partial charge in [-0.05, 0) is 47.1 Å². The Kier molecular flexibility index (Phi) is 5.09. The molecule has 26 heavy (non-hydrogen) atoms. The predicted molar refractivity (Wildman–Crippen MR) is 99.6 cm³/mol. The van der Waals surface area contributed by atoms with Gasteiger partial charge in [-0.1, -0.05) is 29.8 Å². The van der Waals surface area contributed by atoms with Crippen LogP contribution in [0, 0.1) is 5.82 Å². The maximum absolute atomic E-state index is 14.6. The number of hydrogen-bond donors (Lipinski definition) is 0. The molecule has 0 fully saturated rings. The molecule has 0 atom stereocenters. The fraction of sp³-hybridized carbons (Fsp3) is 0.118. The summed E-state index contributed by atoms with van der Waals surface area (Å²) >= 11 is 8.96. The Hall–Kier alpha value is -1.90. The highest BCUT2D eigenvalue weighted by Crippen LogP contribution is 2.38. The van der Waals surface area contributed by atoms with Crippen molar-refractivity contribution in [3.8, 4) is 0 Å². The zero-order valence-electron chi connectivity index (χ0n) is 13.4. The second-order valence-corrected chi connectivity index (χ2v) is 8.21. The SMILES string of the molecule is CCOC(=O)c1c(Br)c2c(F)c(Cl)ccc2n1S(=O)(=O)c1ccccc1. The van der Waals surface area contributed by atoms with Crippen LogP contribution in [0.4, 0.5) is 4.39 Å². The fourth-order valence-electron chi connectivity index (χ4n) is 2.57. The fourth-order valence-corrected chi connectivity index (χ4v) is 5.09. The van der Waals surface area contributed by atoms with Crippen molar-refractivity contribution in [1.29, 1.82) is 0 Å². The van der Waals surface area contributed by atoms with Gasteiger partial charge in [0.25, 0.3) is 10.0 Å². The molecule has 3 aromatic rings. The normalized spacial score (nSPS) is 11.7. The molecule has 0 aliphatic heterocycles. The summed E-state index contributed by atoms with van der Waals surface area (Å²) in [5, 5.41) is -0.303. The zero-order chi connectivity index (χ0) is 19.1. The lowest BCUT2D eigenvalue weighted by Gasteiger charge is -2.11. The first-order chi connectivity index (χ1) is 12.3. The molecule has 0 aliphatic carbocycles. The van der Waals surface area contributed by atoms with Crippen molar-refractivity contribution in [3.05, 3.63) is 63.5 Å². The molecule has 1 heterocycles. The van der Waals surface area contributed by atoms with E-state index in [0.29, 0.717) is 0 Å². The van der Waals surface area contributed by atoms with Gasteiger partial charge >= 0.3 is 5.97 Å². The Morgan fingerprint density at radius 2 is 1.88 bits per heavy atom. The average Bonchev–Trinajstić information content (AvgIpc) is 2.93. The molecule has 0 amide bonds. The largest absolute Gasteiger partial charge is 0.461 e. The van der Waals surface area contributed by atoms with Crippen molar-refractivity contribution in [2.24, 2.45) is 0 Å². The standard InChI is InChI=1S/C17H12BrClFNO4S/c1-2-25-17(22)16-14(18)13-12(9-8-11(19)15(13)20)21(16)26(23,24)10-6-4-3-5-7-10/h3-9H,2H2,1H3. The molecule has 0 N–H and O–H groups in total. The summed E-state index contributed by atoms with van der Waals surface area (Å²) in [7, 11) is -4.19. The number of fused-ring (bicyclic) bond motifs is 1. The van der Waals surface area contributed by atoms with Crippen LogP contribution in [0.3, 0.4) is 0 Å². The third-order valence-corrected chi connectivity index (χ3v) is 6.46. The van der Waals surface area contributed by atoms with Crippen LogP contribution >= 0.6 is 27.5 Å². The van der Waals surface area contributed by atoms with E-state index in [4.69, 9.17) is 16.3 Å². The Balaban J connectivity index is 2.46. The molecule has 0 bridgehead atoms. The van der Waals surface area contributed by atoms with Gasteiger partial charge in [-0.2, -0.15) is 0 Å². The van der Waals surface area contributed by atoms with E-state index in [-0.39, 0.29) is 37.6 Å². The van der Waals surface area contributed by atoms with E-state index in [9.17, 15) is 17.6 Å². The number of aromatic nitrogens is 1. The van der Waals surface area contributed by atoms with Crippen LogP contribution in [0.15, 0.2) is 51.8 Å². The van der Waals surface area contributed by atoms with Crippen LogP contribution in [0.5, 0.6) is 0 Å². The van der Waals surface area contributed by atoms with Crippen LogP contribution in [0.1, 0.15) is 17.4 Å². The van der Waals surface area contributed by atoms with Crippen molar-refractivity contribution in [1.82, 2.24) is 3.97 Å². The first kappa shape index (κ1) is 18.9. The highest BCUT2D eigenvalue weighted by atomic mass is 79.9. The molecule has 0 radical (unpaired) electrons. The summed E-state index contributed by atoms with van der Waals surface area (Å²) in [5.41, 5.74) is -0.349. The third kappa shape index (κ3) is 2.91. The maximum atomic E-state index is 14.6. The highest BCUT2D eigenvalue weighted by Gasteiger charge is 2.32. The van der Waals surface area contributed by atoms with E-state index in [1.807, 2.05) is 0 Å². The maximum Gasteiger partial charge on any atom is 0.357 e. The number of rotatable bonds is 4. The quantitative estimate of drug-likeness (QED) is 0.533. The molecule has 0 unspecified atom stereocenters. The van der Waals surface area contributed by atoms with E-state index < -0.39 is 21.8 Å². The molecule has 3 rings (SSSR count). The Labute approximate surface area is 162 Å². The van der Waals surface area contributed by atoms with Gasteiger partial charge in [0.2, 0.25) is 0 Å². The minimum Gasteiger partial charge on any atom is -0.461 e. The van der Waals surface area contributed by atoms with Crippen LogP contribution in [0.2, 0.25) is 5.02 Å². The van der Waals surface area contributed by atoms with Gasteiger partial charge in [0.05, 0.1) is 31.9 Å². The summed E-state index contributed by atoms with van der Waals surface area (Å²) in [6.45, 7) is 1.61. The van der Waals surface area contributed by atoms with Crippen LogP contribution in [-0.4, -0.2) is 25.0 Å². The molecule has 0 aliphatic rings. The first-order valence-corrected chi connectivity index (χ1v) is 10.1. The molecule has 1 aromatic heterocycles.